The van der Waals surface area contributed by atoms with E-state index in [1.165, 1.54) is 5.56 Å². The number of nitrogens with zero attached hydrogens (tertiary/aromatic N) is 2. The van der Waals surface area contributed by atoms with Gasteiger partial charge in [-0.1, -0.05) is 30.3 Å². The first-order valence-corrected chi connectivity index (χ1v) is 9.89. The summed E-state index contributed by atoms with van der Waals surface area (Å²) in [5, 5.41) is 23.1. The predicted octanol–water partition coefficient (Wildman–Crippen LogP) is -0.308. The third-order valence-electron chi connectivity index (χ3n) is 5.50. The van der Waals surface area contributed by atoms with Crippen molar-refractivity contribution in [3.8, 4) is 0 Å². The highest BCUT2D eigenvalue weighted by Crippen LogP contribution is 2.25. The molecule has 2 fully saturated rings. The van der Waals surface area contributed by atoms with E-state index >= 15 is 0 Å². The first-order valence-electron chi connectivity index (χ1n) is 9.89. The van der Waals surface area contributed by atoms with Crippen molar-refractivity contribution in [3.05, 3.63) is 35.9 Å². The van der Waals surface area contributed by atoms with Crippen LogP contribution in [0.5, 0.6) is 0 Å². The first kappa shape index (κ1) is 21.0. The summed E-state index contributed by atoms with van der Waals surface area (Å²) in [6, 6.07) is 9.70. The molecule has 156 valence electrons. The average Bonchev–Trinajstić information content (AvgIpc) is 3.07. The van der Waals surface area contributed by atoms with Crippen LogP contribution in [-0.4, -0.2) is 103 Å². The summed E-state index contributed by atoms with van der Waals surface area (Å²) in [5.41, 5.74) is 1.22. The largest absolute Gasteiger partial charge is 0.394 e. The van der Waals surface area contributed by atoms with Crippen molar-refractivity contribution in [1.29, 1.82) is 0 Å². The molecule has 0 aromatic heterocycles. The number of hydrogen-bond donors (Lipinski definition) is 3. The van der Waals surface area contributed by atoms with Crippen molar-refractivity contribution in [1.82, 2.24) is 15.1 Å². The maximum Gasteiger partial charge on any atom is 0.317 e. The third-order valence-corrected chi connectivity index (χ3v) is 5.50. The van der Waals surface area contributed by atoms with E-state index in [0.29, 0.717) is 26.3 Å². The minimum absolute atomic E-state index is 0.153. The molecule has 28 heavy (non-hydrogen) atoms. The molecule has 1 aromatic carbocycles. The number of carbonyl (C=O) groups excluding carboxylic acids is 1. The normalized spacial score (nSPS) is 27.9. The van der Waals surface area contributed by atoms with E-state index in [1.807, 2.05) is 25.2 Å². The SMILES string of the molecule is CN(CCc1ccccc1)[C@@H]1[C@H](O)[C@H](CO)O[C@@H]1CNC(=O)N1CCOCC1. The number of ether oxygens (including phenoxy) is 2. The van der Waals surface area contributed by atoms with Crippen LogP contribution in [0.25, 0.3) is 0 Å². The lowest BCUT2D eigenvalue weighted by Gasteiger charge is -2.31. The quantitative estimate of drug-likeness (QED) is 0.589. The van der Waals surface area contributed by atoms with E-state index in [1.54, 1.807) is 4.90 Å². The zero-order chi connectivity index (χ0) is 19.9. The molecule has 0 saturated carbocycles. The number of amides is 2. The molecule has 2 amide bonds. The second kappa shape index (κ2) is 10.2. The molecule has 3 N–H and O–H groups in total. The van der Waals surface area contributed by atoms with Crippen molar-refractivity contribution < 1.29 is 24.5 Å². The van der Waals surface area contributed by atoms with Gasteiger partial charge < -0.3 is 29.9 Å². The Morgan fingerprint density at radius 3 is 2.64 bits per heavy atom. The number of morpholine rings is 1. The molecular weight excluding hydrogens is 362 g/mol. The summed E-state index contributed by atoms with van der Waals surface area (Å²) in [7, 11) is 1.94. The standard InChI is InChI=1S/C20H31N3O5/c1-22(8-7-15-5-3-2-4-6-15)18-16(28-17(14-24)19(18)25)13-21-20(26)23-9-11-27-12-10-23/h2-6,16-19,24-25H,7-14H2,1H3,(H,21,26)/t16-,17+,18+,19-/m1/s1. The molecule has 2 aliphatic rings. The highest BCUT2D eigenvalue weighted by Gasteiger charge is 2.45. The Bertz CT molecular complexity index is 611. The summed E-state index contributed by atoms with van der Waals surface area (Å²) >= 11 is 0. The van der Waals surface area contributed by atoms with Crippen LogP contribution in [0.1, 0.15) is 5.56 Å². The van der Waals surface area contributed by atoms with Gasteiger partial charge in [-0.25, -0.2) is 4.79 Å². The Morgan fingerprint density at radius 2 is 1.96 bits per heavy atom. The van der Waals surface area contributed by atoms with E-state index < -0.39 is 18.3 Å². The van der Waals surface area contributed by atoms with Gasteiger partial charge in [-0.2, -0.15) is 0 Å². The molecule has 2 heterocycles. The molecule has 0 unspecified atom stereocenters. The van der Waals surface area contributed by atoms with Gasteiger partial charge in [0.25, 0.3) is 0 Å². The number of carbonyl (C=O) groups is 1. The smallest absolute Gasteiger partial charge is 0.317 e. The van der Waals surface area contributed by atoms with Crippen molar-refractivity contribution >= 4 is 6.03 Å². The van der Waals surface area contributed by atoms with Gasteiger partial charge in [0.1, 0.15) is 12.2 Å². The molecule has 0 bridgehead atoms. The molecule has 4 atom stereocenters. The minimum Gasteiger partial charge on any atom is -0.394 e. The number of nitrogens with one attached hydrogen (secondary N) is 1. The highest BCUT2D eigenvalue weighted by molar-refractivity contribution is 5.74. The molecule has 3 rings (SSSR count). The number of aliphatic hydroxyl groups is 2. The van der Waals surface area contributed by atoms with Gasteiger partial charge in [-0.05, 0) is 19.0 Å². The molecule has 1 aromatic rings. The molecule has 2 saturated heterocycles. The maximum absolute atomic E-state index is 12.4. The van der Waals surface area contributed by atoms with Crippen LogP contribution < -0.4 is 5.32 Å². The van der Waals surface area contributed by atoms with Crippen molar-refractivity contribution in [2.75, 3.05) is 53.0 Å². The van der Waals surface area contributed by atoms with E-state index in [0.717, 1.165) is 13.0 Å². The summed E-state index contributed by atoms with van der Waals surface area (Å²) in [5.74, 6) is 0. The fraction of sp³-hybridized carbons (Fsp3) is 0.650. The van der Waals surface area contributed by atoms with Crippen LogP contribution >= 0.6 is 0 Å². The van der Waals surface area contributed by atoms with Crippen molar-refractivity contribution in [2.45, 2.75) is 30.8 Å². The zero-order valence-corrected chi connectivity index (χ0v) is 16.4. The van der Waals surface area contributed by atoms with E-state index in [-0.39, 0.29) is 25.2 Å². The van der Waals surface area contributed by atoms with Gasteiger partial charge in [0, 0.05) is 26.2 Å². The summed E-state index contributed by atoms with van der Waals surface area (Å²) in [4.78, 5) is 16.1. The van der Waals surface area contributed by atoms with Crippen LogP contribution in [0.3, 0.4) is 0 Å². The Hall–Kier alpha value is -1.71. The molecule has 2 aliphatic heterocycles. The third kappa shape index (κ3) is 5.21. The monoisotopic (exact) mass is 393 g/mol. The van der Waals surface area contributed by atoms with E-state index in [2.05, 4.69) is 22.3 Å². The second-order valence-corrected chi connectivity index (χ2v) is 7.38. The Labute approximate surface area is 166 Å². The van der Waals surface area contributed by atoms with Crippen molar-refractivity contribution in [3.63, 3.8) is 0 Å². The van der Waals surface area contributed by atoms with Crippen LogP contribution in [0, 0.1) is 0 Å². The molecule has 8 heteroatoms. The molecular formula is C20H31N3O5. The molecule has 8 nitrogen and oxygen atoms in total. The number of aliphatic hydroxyl groups excluding tert-OH is 2. The Kier molecular flexibility index (Phi) is 7.64. The van der Waals surface area contributed by atoms with E-state index in [4.69, 9.17) is 9.47 Å². The molecule has 0 aliphatic carbocycles. The van der Waals surface area contributed by atoms with Gasteiger partial charge in [0.15, 0.2) is 0 Å². The average molecular weight is 393 g/mol. The lowest BCUT2D eigenvalue weighted by molar-refractivity contribution is -0.0211. The fourth-order valence-electron chi connectivity index (χ4n) is 3.86. The second-order valence-electron chi connectivity index (χ2n) is 7.38. The van der Waals surface area contributed by atoms with Crippen LogP contribution in [0.15, 0.2) is 30.3 Å². The lowest BCUT2D eigenvalue weighted by Crippen LogP contribution is -2.52. The number of likely N-dealkylation sites (N-methyl/N-ethyl adjacent to an activating group) is 1. The first-order chi connectivity index (χ1) is 13.6. The van der Waals surface area contributed by atoms with Gasteiger partial charge in [0.2, 0.25) is 0 Å². The summed E-state index contributed by atoms with van der Waals surface area (Å²) in [6.45, 7) is 3.00. The summed E-state index contributed by atoms with van der Waals surface area (Å²) in [6.07, 6.45) is -1.000. The topological polar surface area (TPSA) is 94.5 Å². The Balaban J connectivity index is 1.56. The van der Waals surface area contributed by atoms with Crippen LogP contribution in [0.2, 0.25) is 0 Å². The van der Waals surface area contributed by atoms with E-state index in [9.17, 15) is 15.0 Å². The maximum atomic E-state index is 12.4. The van der Waals surface area contributed by atoms with Gasteiger partial charge >= 0.3 is 6.03 Å². The fourth-order valence-corrected chi connectivity index (χ4v) is 3.86. The number of rotatable bonds is 7. The van der Waals surface area contributed by atoms with Gasteiger partial charge in [-0.3, -0.25) is 4.90 Å². The molecule has 0 radical (unpaired) electrons. The zero-order valence-electron chi connectivity index (χ0n) is 16.4. The summed E-state index contributed by atoms with van der Waals surface area (Å²) < 4.78 is 11.1. The van der Waals surface area contributed by atoms with Gasteiger partial charge in [-0.15, -0.1) is 0 Å². The van der Waals surface area contributed by atoms with Crippen molar-refractivity contribution in [2.24, 2.45) is 0 Å². The number of hydrogen-bond acceptors (Lipinski definition) is 6. The van der Waals surface area contributed by atoms with Crippen LogP contribution in [-0.2, 0) is 15.9 Å². The highest BCUT2D eigenvalue weighted by atomic mass is 16.5. The minimum atomic E-state index is -0.809. The lowest BCUT2D eigenvalue weighted by atomic mass is 10.0. The van der Waals surface area contributed by atoms with Crippen LogP contribution in [0.4, 0.5) is 4.79 Å². The predicted molar refractivity (Wildman–Crippen MR) is 104 cm³/mol. The molecule has 0 spiro atoms. The number of urea groups is 1. The van der Waals surface area contributed by atoms with Gasteiger partial charge in [0.05, 0.1) is 32.0 Å². The Morgan fingerprint density at radius 1 is 1.25 bits per heavy atom. The number of benzene rings is 1.